The van der Waals surface area contributed by atoms with Crippen molar-refractivity contribution in [1.82, 2.24) is 10.2 Å². The molecule has 0 atom stereocenters. The lowest BCUT2D eigenvalue weighted by molar-refractivity contribution is 0.477. The van der Waals surface area contributed by atoms with Crippen molar-refractivity contribution in [2.45, 2.75) is 5.75 Å². The van der Waals surface area contributed by atoms with Crippen LogP contribution in [0.15, 0.2) is 52.9 Å². The Kier molecular flexibility index (Phi) is 3.79. The van der Waals surface area contributed by atoms with Gasteiger partial charge in [0.25, 0.3) is 5.89 Å². The topological polar surface area (TPSA) is 74.2 Å². The van der Waals surface area contributed by atoms with Gasteiger partial charge in [-0.1, -0.05) is 12.1 Å². The summed E-state index contributed by atoms with van der Waals surface area (Å²) in [5, 5.41) is 7.91. The second-order valence-electron chi connectivity index (χ2n) is 4.33. The highest BCUT2D eigenvalue weighted by atomic mass is 32.1. The SMILES string of the molecule is Nc1ccc(Oc2ccccc2-c2nnc(CS)o2)cc1. The van der Waals surface area contributed by atoms with Crippen LogP contribution in [-0.4, -0.2) is 10.2 Å². The number of rotatable bonds is 4. The van der Waals surface area contributed by atoms with Crippen molar-refractivity contribution < 1.29 is 9.15 Å². The Morgan fingerprint density at radius 2 is 1.81 bits per heavy atom. The number of thiol groups is 1. The van der Waals surface area contributed by atoms with Crippen LogP contribution in [0.2, 0.25) is 0 Å². The molecule has 1 aromatic heterocycles. The van der Waals surface area contributed by atoms with Crippen LogP contribution in [0.1, 0.15) is 5.89 Å². The third kappa shape index (κ3) is 3.00. The molecule has 0 spiro atoms. The zero-order valence-corrected chi connectivity index (χ0v) is 12.0. The third-order valence-corrected chi connectivity index (χ3v) is 3.10. The zero-order valence-electron chi connectivity index (χ0n) is 11.1. The van der Waals surface area contributed by atoms with Crippen LogP contribution in [0.25, 0.3) is 11.5 Å². The van der Waals surface area contributed by atoms with Crippen molar-refractivity contribution in [3.05, 3.63) is 54.4 Å². The van der Waals surface area contributed by atoms with Crippen molar-refractivity contribution >= 4 is 18.3 Å². The number of nitrogen functional groups attached to an aromatic ring is 1. The fourth-order valence-electron chi connectivity index (χ4n) is 1.82. The number of hydrogen-bond acceptors (Lipinski definition) is 6. The molecule has 0 bridgehead atoms. The van der Waals surface area contributed by atoms with Gasteiger partial charge in [-0.05, 0) is 36.4 Å². The van der Waals surface area contributed by atoms with Gasteiger partial charge in [-0.25, -0.2) is 0 Å². The van der Waals surface area contributed by atoms with Crippen LogP contribution in [0, 0.1) is 0 Å². The maximum absolute atomic E-state index is 5.86. The Bertz CT molecular complexity index is 741. The van der Waals surface area contributed by atoms with Gasteiger partial charge in [0.15, 0.2) is 0 Å². The van der Waals surface area contributed by atoms with E-state index in [9.17, 15) is 0 Å². The number of ether oxygens (including phenoxy) is 1. The first-order valence-electron chi connectivity index (χ1n) is 6.32. The van der Waals surface area contributed by atoms with E-state index in [0.29, 0.717) is 34.7 Å². The molecule has 0 saturated carbocycles. The molecule has 0 aliphatic carbocycles. The molecule has 2 N–H and O–H groups in total. The van der Waals surface area contributed by atoms with Crippen LogP contribution in [0.3, 0.4) is 0 Å². The van der Waals surface area contributed by atoms with E-state index in [1.54, 1.807) is 24.3 Å². The molecule has 0 amide bonds. The van der Waals surface area contributed by atoms with Crippen LogP contribution in [0.5, 0.6) is 11.5 Å². The van der Waals surface area contributed by atoms with Gasteiger partial charge in [-0.15, -0.1) is 10.2 Å². The van der Waals surface area contributed by atoms with Crippen LogP contribution >= 0.6 is 12.6 Å². The quantitative estimate of drug-likeness (QED) is 0.569. The second-order valence-corrected chi connectivity index (χ2v) is 4.64. The largest absolute Gasteiger partial charge is 0.457 e. The standard InChI is InChI=1S/C15H13N3O2S/c16-10-5-7-11(8-6-10)19-13-4-2-1-3-12(13)15-18-17-14(9-21)20-15/h1-8,21H,9,16H2. The molecule has 21 heavy (non-hydrogen) atoms. The molecule has 2 aromatic carbocycles. The number of hydrogen-bond donors (Lipinski definition) is 2. The Labute approximate surface area is 127 Å². The molecule has 1 heterocycles. The van der Waals surface area contributed by atoms with E-state index >= 15 is 0 Å². The molecule has 0 saturated heterocycles. The average Bonchev–Trinajstić information content (AvgIpc) is 2.99. The van der Waals surface area contributed by atoms with Crippen LogP contribution < -0.4 is 10.5 Å². The maximum atomic E-state index is 5.86. The maximum Gasteiger partial charge on any atom is 0.251 e. The number of anilines is 1. The Balaban J connectivity index is 1.94. The summed E-state index contributed by atoms with van der Waals surface area (Å²) in [6.07, 6.45) is 0. The molecule has 0 fully saturated rings. The number of para-hydroxylation sites is 1. The lowest BCUT2D eigenvalue weighted by Crippen LogP contribution is -1.89. The Hall–Kier alpha value is -2.47. The number of nitrogens with zero attached hydrogens (tertiary/aromatic N) is 2. The summed E-state index contributed by atoms with van der Waals surface area (Å²) in [5.74, 6) is 2.59. The number of benzene rings is 2. The molecule has 106 valence electrons. The van der Waals surface area contributed by atoms with Gasteiger partial charge in [0.1, 0.15) is 11.5 Å². The molecule has 0 radical (unpaired) electrons. The van der Waals surface area contributed by atoms with Crippen molar-refractivity contribution in [1.29, 1.82) is 0 Å². The van der Waals surface area contributed by atoms with E-state index in [1.165, 1.54) is 0 Å². The van der Waals surface area contributed by atoms with E-state index in [2.05, 4.69) is 22.8 Å². The van der Waals surface area contributed by atoms with Crippen molar-refractivity contribution in [3.8, 4) is 23.0 Å². The van der Waals surface area contributed by atoms with E-state index < -0.39 is 0 Å². The summed E-state index contributed by atoms with van der Waals surface area (Å²) in [7, 11) is 0. The minimum atomic E-state index is 0.397. The highest BCUT2D eigenvalue weighted by Crippen LogP contribution is 2.32. The first-order chi connectivity index (χ1) is 10.3. The van der Waals surface area contributed by atoms with Crippen LogP contribution in [-0.2, 0) is 5.75 Å². The van der Waals surface area contributed by atoms with Gasteiger partial charge >= 0.3 is 0 Å². The predicted octanol–water partition coefficient (Wildman–Crippen LogP) is 3.54. The minimum Gasteiger partial charge on any atom is -0.457 e. The van der Waals surface area contributed by atoms with Gasteiger partial charge in [0.05, 0.1) is 11.3 Å². The molecule has 0 aliphatic rings. The van der Waals surface area contributed by atoms with E-state index in [4.69, 9.17) is 14.9 Å². The van der Waals surface area contributed by atoms with E-state index in [1.807, 2.05) is 24.3 Å². The molecule has 0 aliphatic heterocycles. The summed E-state index contributed by atoms with van der Waals surface area (Å²) in [6, 6.07) is 14.6. The van der Waals surface area contributed by atoms with Gasteiger partial charge in [-0.3, -0.25) is 0 Å². The fraction of sp³-hybridized carbons (Fsp3) is 0.0667. The Morgan fingerprint density at radius 1 is 1.05 bits per heavy atom. The molecule has 5 nitrogen and oxygen atoms in total. The molecule has 6 heteroatoms. The van der Waals surface area contributed by atoms with Gasteiger partial charge in [0.2, 0.25) is 5.89 Å². The average molecular weight is 299 g/mol. The van der Waals surface area contributed by atoms with Crippen molar-refractivity contribution in [3.63, 3.8) is 0 Å². The lowest BCUT2D eigenvalue weighted by atomic mass is 10.2. The van der Waals surface area contributed by atoms with Gasteiger partial charge < -0.3 is 14.9 Å². The Morgan fingerprint density at radius 3 is 2.52 bits per heavy atom. The van der Waals surface area contributed by atoms with Crippen LogP contribution in [0.4, 0.5) is 5.69 Å². The smallest absolute Gasteiger partial charge is 0.251 e. The zero-order chi connectivity index (χ0) is 14.7. The second kappa shape index (κ2) is 5.88. The summed E-state index contributed by atoms with van der Waals surface area (Å²) in [6.45, 7) is 0. The first kappa shape index (κ1) is 13.5. The minimum absolute atomic E-state index is 0.397. The summed E-state index contributed by atoms with van der Waals surface area (Å²) < 4.78 is 11.4. The lowest BCUT2D eigenvalue weighted by Gasteiger charge is -2.08. The van der Waals surface area contributed by atoms with Gasteiger partial charge in [0, 0.05) is 5.69 Å². The number of nitrogens with two attached hydrogens (primary N) is 1. The third-order valence-electron chi connectivity index (χ3n) is 2.83. The molecule has 0 unspecified atom stereocenters. The summed E-state index contributed by atoms with van der Waals surface area (Å²) >= 11 is 4.11. The van der Waals surface area contributed by atoms with Gasteiger partial charge in [-0.2, -0.15) is 12.6 Å². The normalized spacial score (nSPS) is 10.5. The molecule has 3 aromatic rings. The number of aromatic nitrogens is 2. The highest BCUT2D eigenvalue weighted by Gasteiger charge is 2.13. The predicted molar refractivity (Wildman–Crippen MR) is 83.4 cm³/mol. The van der Waals surface area contributed by atoms with Crippen molar-refractivity contribution in [2.24, 2.45) is 0 Å². The van der Waals surface area contributed by atoms with E-state index in [0.717, 1.165) is 5.56 Å². The molecular weight excluding hydrogens is 286 g/mol. The fourth-order valence-corrected chi connectivity index (χ4v) is 1.95. The van der Waals surface area contributed by atoms with E-state index in [-0.39, 0.29) is 0 Å². The molecular formula is C15H13N3O2S. The highest BCUT2D eigenvalue weighted by molar-refractivity contribution is 7.79. The van der Waals surface area contributed by atoms with Crippen molar-refractivity contribution in [2.75, 3.05) is 5.73 Å². The first-order valence-corrected chi connectivity index (χ1v) is 6.95. The monoisotopic (exact) mass is 299 g/mol. The summed E-state index contributed by atoms with van der Waals surface area (Å²) in [5.41, 5.74) is 7.08. The summed E-state index contributed by atoms with van der Waals surface area (Å²) in [4.78, 5) is 0. The molecule has 3 rings (SSSR count).